The van der Waals surface area contributed by atoms with Crippen LogP contribution in [0.1, 0.15) is 70.3 Å². The molecular weight excluding hydrogens is 497 g/mol. The zero-order valence-corrected chi connectivity index (χ0v) is 21.6. The van der Waals surface area contributed by atoms with E-state index in [0.717, 1.165) is 56.6 Å². The highest BCUT2D eigenvalue weighted by atomic mass is 32.2. The zero-order valence-electron chi connectivity index (χ0n) is 20.8. The van der Waals surface area contributed by atoms with Gasteiger partial charge in [0.1, 0.15) is 18.2 Å². The fraction of sp³-hybridized carbons (Fsp3) is 0.520. The number of hydrogen-bond acceptors (Lipinski definition) is 8. The van der Waals surface area contributed by atoms with Crippen LogP contribution in [0.3, 0.4) is 0 Å². The summed E-state index contributed by atoms with van der Waals surface area (Å²) in [4.78, 5) is 8.60. The Morgan fingerprint density at radius 1 is 1.11 bits per heavy atom. The van der Waals surface area contributed by atoms with E-state index in [9.17, 15) is 12.8 Å². The van der Waals surface area contributed by atoms with Gasteiger partial charge in [-0.15, -0.1) is 5.10 Å². The number of nitrogens with zero attached hydrogens (tertiary/aromatic N) is 5. The molecule has 3 saturated carbocycles. The number of nitrogens with one attached hydrogen (secondary N) is 2. The van der Waals surface area contributed by atoms with Gasteiger partial charge in [-0.3, -0.25) is 4.57 Å². The van der Waals surface area contributed by atoms with E-state index in [-0.39, 0.29) is 34.1 Å². The first-order valence-electron chi connectivity index (χ1n) is 12.6. The maximum atomic E-state index is 14.7. The molecule has 0 saturated heterocycles. The van der Waals surface area contributed by atoms with Crippen molar-refractivity contribution in [2.24, 2.45) is 0 Å². The van der Waals surface area contributed by atoms with Crippen LogP contribution in [-0.2, 0) is 15.6 Å². The molecule has 0 bridgehead atoms. The summed E-state index contributed by atoms with van der Waals surface area (Å²) in [7, 11) is -3.78. The number of anilines is 2. The van der Waals surface area contributed by atoms with Gasteiger partial charge in [-0.05, 0) is 88.5 Å². The number of benzene rings is 1. The Balaban J connectivity index is 1.07. The molecule has 2 heterocycles. The lowest BCUT2D eigenvalue weighted by atomic mass is 10.0. The highest BCUT2D eigenvalue weighted by molar-refractivity contribution is 7.89. The van der Waals surface area contributed by atoms with Gasteiger partial charge in [0.05, 0.1) is 10.6 Å². The molecule has 0 amide bonds. The summed E-state index contributed by atoms with van der Waals surface area (Å²) in [5.74, 6) is -0.201. The molecule has 37 heavy (non-hydrogen) atoms. The average Bonchev–Trinajstić information content (AvgIpc) is 3.63. The van der Waals surface area contributed by atoms with Gasteiger partial charge in [0.25, 0.3) is 0 Å². The third-order valence-corrected chi connectivity index (χ3v) is 9.39. The maximum Gasteiger partial charge on any atom is 0.317 e. The smallest absolute Gasteiger partial charge is 0.317 e. The lowest BCUT2D eigenvalue weighted by Crippen LogP contribution is -2.34. The Hall–Kier alpha value is -3.12. The van der Waals surface area contributed by atoms with Crippen molar-refractivity contribution < 1.29 is 17.5 Å². The second-order valence-electron chi connectivity index (χ2n) is 11.0. The van der Waals surface area contributed by atoms with Crippen molar-refractivity contribution in [1.82, 2.24) is 29.5 Å². The first-order chi connectivity index (χ1) is 17.6. The molecule has 12 heteroatoms. The first-order valence-corrected chi connectivity index (χ1v) is 14.1. The van der Waals surface area contributed by atoms with Crippen LogP contribution in [-0.4, -0.2) is 44.8 Å². The Bertz CT molecular complexity index is 1420. The molecule has 0 unspecified atom stereocenters. The second-order valence-corrected chi connectivity index (χ2v) is 12.7. The van der Waals surface area contributed by atoms with Gasteiger partial charge in [0.2, 0.25) is 16.0 Å². The zero-order chi connectivity index (χ0) is 25.8. The SMILES string of the molecule is CC1(NS(=O)(=O)c2ccc(Nc3ncc([C@H]4CC[C@@H](Oc5nncn5C5(C)CC5)C4)cn3)c(F)c2)CC1. The molecule has 3 aliphatic rings. The molecule has 6 rings (SSSR count). The average molecular weight is 528 g/mol. The monoisotopic (exact) mass is 527 g/mol. The lowest BCUT2D eigenvalue weighted by Gasteiger charge is -2.17. The van der Waals surface area contributed by atoms with Crippen LogP contribution < -0.4 is 14.8 Å². The van der Waals surface area contributed by atoms with Crippen LogP contribution in [0.2, 0.25) is 0 Å². The van der Waals surface area contributed by atoms with Crippen LogP contribution in [0, 0.1) is 5.82 Å². The Morgan fingerprint density at radius 3 is 2.54 bits per heavy atom. The van der Waals surface area contributed by atoms with Gasteiger partial charge >= 0.3 is 6.01 Å². The fourth-order valence-corrected chi connectivity index (χ4v) is 6.24. The number of aromatic nitrogens is 5. The van der Waals surface area contributed by atoms with Crippen molar-refractivity contribution in [1.29, 1.82) is 0 Å². The molecule has 2 N–H and O–H groups in total. The van der Waals surface area contributed by atoms with Crippen molar-refractivity contribution >= 4 is 21.7 Å². The Morgan fingerprint density at radius 2 is 1.86 bits per heavy atom. The number of rotatable bonds is 9. The van der Waals surface area contributed by atoms with Gasteiger partial charge < -0.3 is 10.1 Å². The summed E-state index contributed by atoms with van der Waals surface area (Å²) in [6, 6.07) is 4.35. The minimum atomic E-state index is -3.78. The number of ether oxygens (including phenoxy) is 1. The summed E-state index contributed by atoms with van der Waals surface area (Å²) < 4.78 is 50.6. The van der Waals surface area contributed by atoms with E-state index in [2.05, 4.69) is 37.1 Å². The summed E-state index contributed by atoms with van der Waals surface area (Å²) in [6.07, 6.45) is 11.7. The molecule has 0 radical (unpaired) electrons. The summed E-state index contributed by atoms with van der Waals surface area (Å²) >= 11 is 0. The fourth-order valence-electron chi connectivity index (χ4n) is 4.77. The van der Waals surface area contributed by atoms with E-state index in [0.29, 0.717) is 6.01 Å². The molecule has 196 valence electrons. The number of sulfonamides is 1. The van der Waals surface area contributed by atoms with Crippen LogP contribution in [0.25, 0.3) is 0 Å². The topological polar surface area (TPSA) is 124 Å². The van der Waals surface area contributed by atoms with E-state index in [4.69, 9.17) is 4.74 Å². The normalized spacial score (nSPS) is 23.5. The van der Waals surface area contributed by atoms with Crippen molar-refractivity contribution in [3.8, 4) is 6.01 Å². The van der Waals surface area contributed by atoms with Crippen LogP contribution >= 0.6 is 0 Å². The van der Waals surface area contributed by atoms with Crippen molar-refractivity contribution in [3.63, 3.8) is 0 Å². The van der Waals surface area contributed by atoms with Crippen molar-refractivity contribution in [2.45, 2.75) is 86.8 Å². The number of halogens is 1. The molecule has 0 spiro atoms. The van der Waals surface area contributed by atoms with Crippen LogP contribution in [0.15, 0.2) is 41.8 Å². The first kappa shape index (κ1) is 24.2. The maximum absolute atomic E-state index is 14.7. The van der Waals surface area contributed by atoms with Gasteiger partial charge in [0.15, 0.2) is 0 Å². The summed E-state index contributed by atoms with van der Waals surface area (Å²) in [5.41, 5.74) is 0.746. The lowest BCUT2D eigenvalue weighted by molar-refractivity contribution is 0.175. The van der Waals surface area contributed by atoms with Crippen LogP contribution in [0.5, 0.6) is 6.01 Å². The second kappa shape index (κ2) is 8.73. The molecule has 10 nitrogen and oxygen atoms in total. The third-order valence-electron chi connectivity index (χ3n) is 7.75. The molecule has 2 atom stereocenters. The van der Waals surface area contributed by atoms with E-state index in [1.807, 2.05) is 11.5 Å². The van der Waals surface area contributed by atoms with Crippen LogP contribution in [0.4, 0.5) is 16.0 Å². The van der Waals surface area contributed by atoms with E-state index >= 15 is 0 Å². The standard InChI is InChI=1S/C25H30FN7O3S/c1-24(7-8-24)32-37(34,35)19-5-6-21(20(26)12-19)30-22-27-13-17(14-28-22)16-3-4-18(11-16)36-23-31-29-15-33(23)25(2)9-10-25/h5-6,12-16,18,32H,3-4,7-11H2,1-2H3,(H,27,28,30)/t16-,18+/m0/s1. The molecule has 1 aromatic carbocycles. The van der Waals surface area contributed by atoms with E-state index < -0.39 is 21.4 Å². The number of hydrogen-bond donors (Lipinski definition) is 2. The van der Waals surface area contributed by atoms with Gasteiger partial charge in [0, 0.05) is 23.5 Å². The van der Waals surface area contributed by atoms with E-state index in [1.54, 1.807) is 18.7 Å². The largest absolute Gasteiger partial charge is 0.460 e. The molecule has 0 aliphatic heterocycles. The molecular formula is C25H30FN7O3S. The van der Waals surface area contributed by atoms with E-state index in [1.165, 1.54) is 12.1 Å². The van der Waals surface area contributed by atoms with Gasteiger partial charge in [-0.1, -0.05) is 5.10 Å². The quantitative estimate of drug-likeness (QED) is 0.428. The molecule has 3 aromatic rings. The highest BCUT2D eigenvalue weighted by Crippen LogP contribution is 2.45. The molecule has 2 aromatic heterocycles. The highest BCUT2D eigenvalue weighted by Gasteiger charge is 2.42. The van der Waals surface area contributed by atoms with Gasteiger partial charge in [-0.2, -0.15) is 0 Å². The summed E-state index contributed by atoms with van der Waals surface area (Å²) in [6.45, 7) is 4.01. The predicted molar refractivity (Wildman–Crippen MR) is 134 cm³/mol. The predicted octanol–water partition coefficient (Wildman–Crippen LogP) is 4.01. The summed E-state index contributed by atoms with van der Waals surface area (Å²) in [5, 5.41) is 11.0. The Labute approximate surface area is 215 Å². The minimum Gasteiger partial charge on any atom is -0.460 e. The molecule has 3 fully saturated rings. The third kappa shape index (κ3) is 5.04. The van der Waals surface area contributed by atoms with Gasteiger partial charge in [-0.25, -0.2) is 27.5 Å². The van der Waals surface area contributed by atoms with Crippen molar-refractivity contribution in [3.05, 3.63) is 48.3 Å². The molecule has 3 aliphatic carbocycles. The van der Waals surface area contributed by atoms with Crippen molar-refractivity contribution in [2.75, 3.05) is 5.32 Å². The Kier molecular flexibility index (Phi) is 5.72. The minimum absolute atomic E-state index is 0.0500.